The molecule has 0 aromatic heterocycles. The molecule has 7 nitrogen and oxygen atoms in total. The highest BCUT2D eigenvalue weighted by molar-refractivity contribution is 5.93. The minimum Gasteiger partial charge on any atom is -0.465 e. The first-order chi connectivity index (χ1) is 13.2. The second-order valence-corrected chi connectivity index (χ2v) is 9.08. The van der Waals surface area contributed by atoms with Gasteiger partial charge < -0.3 is 19.5 Å². The van der Waals surface area contributed by atoms with Crippen molar-refractivity contribution in [2.24, 2.45) is 5.41 Å². The zero-order valence-corrected chi connectivity index (χ0v) is 16.9. The number of morpholine rings is 1. The van der Waals surface area contributed by atoms with Crippen molar-refractivity contribution in [3.8, 4) is 0 Å². The molecule has 3 atom stereocenters. The lowest BCUT2D eigenvalue weighted by Crippen LogP contribution is -2.65. The Morgan fingerprint density at radius 3 is 2.64 bits per heavy atom. The summed E-state index contributed by atoms with van der Waals surface area (Å²) < 4.78 is 11.8. The van der Waals surface area contributed by atoms with Crippen LogP contribution in [0, 0.1) is 12.3 Å². The molecule has 2 fully saturated rings. The van der Waals surface area contributed by atoms with E-state index in [9.17, 15) is 14.7 Å². The van der Waals surface area contributed by atoms with Crippen molar-refractivity contribution >= 4 is 12.1 Å². The number of esters is 1. The highest BCUT2D eigenvalue weighted by Gasteiger charge is 2.46. The summed E-state index contributed by atoms with van der Waals surface area (Å²) in [5.74, 6) is -0.258. The lowest BCUT2D eigenvalue weighted by molar-refractivity contribution is -0.173. The van der Waals surface area contributed by atoms with Gasteiger partial charge in [-0.3, -0.25) is 4.90 Å². The molecule has 0 saturated carbocycles. The molecule has 3 aliphatic heterocycles. The Bertz CT molecular complexity index is 816. The molecule has 0 radical (unpaired) electrons. The number of nitrogens with zero attached hydrogens (tertiary/aromatic N) is 2. The van der Waals surface area contributed by atoms with E-state index in [1.165, 1.54) is 4.90 Å². The lowest BCUT2D eigenvalue weighted by Gasteiger charge is -2.53. The first kappa shape index (κ1) is 19.2. The van der Waals surface area contributed by atoms with Crippen LogP contribution in [0.1, 0.15) is 53.9 Å². The summed E-state index contributed by atoms with van der Waals surface area (Å²) in [6, 6.07) is 3.87. The van der Waals surface area contributed by atoms with E-state index in [-0.39, 0.29) is 29.6 Å². The number of hydrogen-bond donors (Lipinski definition) is 1. The first-order valence-electron chi connectivity index (χ1n) is 9.83. The number of piperazine rings is 1. The Morgan fingerprint density at radius 1 is 1.21 bits per heavy atom. The predicted octanol–water partition coefficient (Wildman–Crippen LogP) is 2.82. The van der Waals surface area contributed by atoms with Crippen molar-refractivity contribution in [2.45, 2.75) is 52.6 Å². The fraction of sp³-hybridized carbons (Fsp3) is 0.619. The second kappa shape index (κ2) is 6.74. The Hall–Kier alpha value is -2.12. The van der Waals surface area contributed by atoms with Crippen LogP contribution in [-0.2, 0) is 16.1 Å². The summed E-state index contributed by atoms with van der Waals surface area (Å²) in [5, 5.41) is 9.42. The van der Waals surface area contributed by atoms with Gasteiger partial charge in [0.05, 0.1) is 23.8 Å². The van der Waals surface area contributed by atoms with Gasteiger partial charge in [-0.1, -0.05) is 26.8 Å². The molecule has 4 rings (SSSR count). The third-order valence-corrected chi connectivity index (χ3v) is 6.27. The second-order valence-electron chi connectivity index (χ2n) is 9.08. The molecule has 2 saturated heterocycles. The van der Waals surface area contributed by atoms with Crippen LogP contribution in [0.15, 0.2) is 12.1 Å². The number of carboxylic acid groups (broad SMARTS) is 1. The van der Waals surface area contributed by atoms with Gasteiger partial charge in [-0.2, -0.15) is 0 Å². The number of amides is 1. The maximum absolute atomic E-state index is 11.8. The number of cyclic esters (lactones) is 1. The van der Waals surface area contributed by atoms with Crippen molar-refractivity contribution in [3.05, 3.63) is 34.4 Å². The molecule has 28 heavy (non-hydrogen) atoms. The molecule has 1 N–H and O–H groups in total. The molecule has 1 unspecified atom stereocenters. The first-order valence-corrected chi connectivity index (χ1v) is 9.83. The average molecular weight is 388 g/mol. The fourth-order valence-corrected chi connectivity index (χ4v) is 4.73. The average Bonchev–Trinajstić information content (AvgIpc) is 3.01. The van der Waals surface area contributed by atoms with E-state index < -0.39 is 6.09 Å². The van der Waals surface area contributed by atoms with Crippen LogP contribution in [0.4, 0.5) is 4.79 Å². The van der Waals surface area contributed by atoms with Crippen molar-refractivity contribution in [3.63, 3.8) is 0 Å². The minimum atomic E-state index is -0.867. The van der Waals surface area contributed by atoms with E-state index in [0.29, 0.717) is 31.8 Å². The number of carbonyl (C=O) groups is 2. The molecule has 152 valence electrons. The summed E-state index contributed by atoms with van der Waals surface area (Å²) in [5.41, 5.74) is 3.62. The minimum absolute atomic E-state index is 0.0424. The van der Waals surface area contributed by atoms with E-state index in [2.05, 4.69) is 25.7 Å². The molecule has 1 amide bonds. The van der Waals surface area contributed by atoms with Gasteiger partial charge in [0.2, 0.25) is 0 Å². The lowest BCUT2D eigenvalue weighted by atomic mass is 9.81. The standard InChI is InChI=1S/C21H28N2O5/c1-12-13(5-6-14-15(12)11-27-19(14)24)17-10-22-7-8-23(20(25)26)9-16(22)18(28-17)21(2,3)4/h5-6,16-18H,7-11H2,1-4H3,(H,25,26)/t16-,17+,18?/m0/s1. The molecule has 7 heteroatoms. The molecular formula is C21H28N2O5. The van der Waals surface area contributed by atoms with E-state index in [1.54, 1.807) is 0 Å². The van der Waals surface area contributed by atoms with Crippen LogP contribution in [0.25, 0.3) is 0 Å². The molecule has 0 spiro atoms. The van der Waals surface area contributed by atoms with Crippen LogP contribution in [-0.4, -0.2) is 65.3 Å². The van der Waals surface area contributed by atoms with Gasteiger partial charge in [0, 0.05) is 31.7 Å². The monoisotopic (exact) mass is 388 g/mol. The highest BCUT2D eigenvalue weighted by atomic mass is 16.5. The van der Waals surface area contributed by atoms with Gasteiger partial charge in [0.25, 0.3) is 0 Å². The summed E-state index contributed by atoms with van der Waals surface area (Å²) in [6.07, 6.45) is -1.08. The van der Waals surface area contributed by atoms with Crippen molar-refractivity contribution in [2.75, 3.05) is 26.2 Å². The Balaban J connectivity index is 1.65. The van der Waals surface area contributed by atoms with Crippen LogP contribution in [0.3, 0.4) is 0 Å². The zero-order chi connectivity index (χ0) is 20.2. The molecule has 1 aromatic carbocycles. The molecular weight excluding hydrogens is 360 g/mol. The van der Waals surface area contributed by atoms with E-state index in [0.717, 1.165) is 23.2 Å². The van der Waals surface area contributed by atoms with E-state index >= 15 is 0 Å². The van der Waals surface area contributed by atoms with Gasteiger partial charge in [-0.15, -0.1) is 0 Å². The van der Waals surface area contributed by atoms with Gasteiger partial charge in [-0.25, -0.2) is 9.59 Å². The SMILES string of the molecule is Cc1c([C@H]2CN3CCN(C(=O)O)C[C@H]3C(C(C)(C)C)O2)ccc2c1COC2=O. The topological polar surface area (TPSA) is 79.3 Å². The predicted molar refractivity (Wildman–Crippen MR) is 102 cm³/mol. The number of carbonyl (C=O) groups excluding carboxylic acids is 1. The van der Waals surface area contributed by atoms with Gasteiger partial charge >= 0.3 is 12.1 Å². The third kappa shape index (κ3) is 3.16. The van der Waals surface area contributed by atoms with Gasteiger partial charge in [0.1, 0.15) is 6.61 Å². The zero-order valence-electron chi connectivity index (χ0n) is 16.9. The smallest absolute Gasteiger partial charge is 0.407 e. The summed E-state index contributed by atoms with van der Waals surface area (Å²) in [6.45, 7) is 11.2. The Labute approximate surface area is 165 Å². The quantitative estimate of drug-likeness (QED) is 0.746. The van der Waals surface area contributed by atoms with E-state index in [4.69, 9.17) is 9.47 Å². The van der Waals surface area contributed by atoms with Crippen molar-refractivity contribution in [1.29, 1.82) is 0 Å². The van der Waals surface area contributed by atoms with Crippen LogP contribution in [0.2, 0.25) is 0 Å². The number of ether oxygens (including phenoxy) is 2. The Morgan fingerprint density at radius 2 is 1.96 bits per heavy atom. The number of benzene rings is 1. The molecule has 3 heterocycles. The molecule has 1 aromatic rings. The highest BCUT2D eigenvalue weighted by Crippen LogP contribution is 2.40. The number of fused-ring (bicyclic) bond motifs is 2. The van der Waals surface area contributed by atoms with Gasteiger partial charge in [-0.05, 0) is 29.5 Å². The van der Waals surface area contributed by atoms with Crippen molar-refractivity contribution < 1.29 is 24.2 Å². The maximum atomic E-state index is 11.8. The van der Waals surface area contributed by atoms with E-state index in [1.807, 2.05) is 19.1 Å². The van der Waals surface area contributed by atoms with Gasteiger partial charge in [0.15, 0.2) is 0 Å². The summed E-state index contributed by atoms with van der Waals surface area (Å²) in [4.78, 5) is 27.2. The van der Waals surface area contributed by atoms with Crippen molar-refractivity contribution in [1.82, 2.24) is 9.80 Å². The van der Waals surface area contributed by atoms with Crippen LogP contribution >= 0.6 is 0 Å². The number of hydrogen-bond acceptors (Lipinski definition) is 5. The summed E-state index contributed by atoms with van der Waals surface area (Å²) >= 11 is 0. The third-order valence-electron chi connectivity index (χ3n) is 6.27. The van der Waals surface area contributed by atoms with Crippen LogP contribution < -0.4 is 0 Å². The molecule has 0 bridgehead atoms. The fourth-order valence-electron chi connectivity index (χ4n) is 4.73. The number of rotatable bonds is 1. The normalized spacial score (nSPS) is 27.9. The van der Waals surface area contributed by atoms with Crippen LogP contribution in [0.5, 0.6) is 0 Å². The maximum Gasteiger partial charge on any atom is 0.407 e. The molecule has 0 aliphatic carbocycles. The molecule has 3 aliphatic rings. The summed E-state index contributed by atoms with van der Waals surface area (Å²) in [7, 11) is 0. The largest absolute Gasteiger partial charge is 0.465 e. The Kier molecular flexibility index (Phi) is 4.62.